The first-order valence-corrected chi connectivity index (χ1v) is 11.9. The number of hydrogen-bond acceptors (Lipinski definition) is 7. The number of hydrogen-bond donors (Lipinski definition) is 1. The topological polar surface area (TPSA) is 102 Å². The van der Waals surface area contributed by atoms with Crippen molar-refractivity contribution in [3.8, 4) is 11.3 Å². The van der Waals surface area contributed by atoms with E-state index in [4.69, 9.17) is 0 Å². The van der Waals surface area contributed by atoms with Gasteiger partial charge in [-0.2, -0.15) is 0 Å². The third-order valence-electron chi connectivity index (χ3n) is 5.83. The molecule has 1 N–H and O–H groups in total. The lowest BCUT2D eigenvalue weighted by Crippen LogP contribution is -2.37. The number of rotatable bonds is 7. The fourth-order valence-electron chi connectivity index (χ4n) is 3.93. The molecule has 0 aliphatic carbocycles. The summed E-state index contributed by atoms with van der Waals surface area (Å²) in [6, 6.07) is 9.78. The van der Waals surface area contributed by atoms with Crippen molar-refractivity contribution >= 4 is 39.0 Å². The van der Waals surface area contributed by atoms with Gasteiger partial charge in [0.1, 0.15) is 0 Å². The molecule has 0 unspecified atom stereocenters. The highest BCUT2D eigenvalue weighted by Gasteiger charge is 2.17. The first-order chi connectivity index (χ1) is 16.3. The average molecular weight is 479 g/mol. The van der Waals surface area contributed by atoms with Crippen LogP contribution in [0.2, 0.25) is 0 Å². The second-order valence-electron chi connectivity index (χ2n) is 7.84. The monoisotopic (exact) mass is 478 g/mol. The molecule has 4 rings (SSSR count). The van der Waals surface area contributed by atoms with Gasteiger partial charge in [-0.1, -0.05) is 12.1 Å². The van der Waals surface area contributed by atoms with E-state index < -0.39 is 11.2 Å². The molecule has 4 aromatic rings. The largest absolute Gasteiger partial charge is 0.372 e. The second kappa shape index (κ2) is 9.60. The Hall–Kier alpha value is -3.79. The number of pyridine rings is 1. The number of anilines is 2. The lowest BCUT2D eigenvalue weighted by molar-refractivity contribution is -0.115. The fourth-order valence-corrected chi connectivity index (χ4v) is 4.67. The number of fused-ring (bicyclic) bond motifs is 1. The van der Waals surface area contributed by atoms with E-state index in [1.54, 1.807) is 13.1 Å². The van der Waals surface area contributed by atoms with Crippen LogP contribution in [0.1, 0.15) is 19.5 Å². The maximum Gasteiger partial charge on any atom is 0.330 e. The lowest BCUT2D eigenvalue weighted by Gasteiger charge is -2.20. The Morgan fingerprint density at radius 1 is 1.06 bits per heavy atom. The van der Waals surface area contributed by atoms with E-state index in [1.807, 2.05) is 17.5 Å². The van der Waals surface area contributed by atoms with E-state index in [2.05, 4.69) is 46.2 Å². The van der Waals surface area contributed by atoms with Crippen LogP contribution >= 0.6 is 11.3 Å². The number of thiazole rings is 1. The normalized spacial score (nSPS) is 11.1. The van der Waals surface area contributed by atoms with Crippen molar-refractivity contribution in [1.29, 1.82) is 0 Å². The lowest BCUT2D eigenvalue weighted by atomic mass is 10.1. The van der Waals surface area contributed by atoms with Crippen LogP contribution in [0.3, 0.4) is 0 Å². The second-order valence-corrected chi connectivity index (χ2v) is 8.70. The van der Waals surface area contributed by atoms with Gasteiger partial charge >= 0.3 is 5.69 Å². The first-order valence-electron chi connectivity index (χ1n) is 11.0. The summed E-state index contributed by atoms with van der Waals surface area (Å²) in [6.07, 6.45) is 1.38. The summed E-state index contributed by atoms with van der Waals surface area (Å²) in [5, 5.41) is 5.41. The van der Waals surface area contributed by atoms with Crippen molar-refractivity contribution in [2.75, 3.05) is 23.3 Å². The fraction of sp³-hybridized carbons (Fsp3) is 0.292. The van der Waals surface area contributed by atoms with Crippen LogP contribution in [0.5, 0.6) is 0 Å². The van der Waals surface area contributed by atoms with Crippen LogP contribution in [0.4, 0.5) is 10.8 Å². The molecule has 9 nitrogen and oxygen atoms in total. The van der Waals surface area contributed by atoms with E-state index in [9.17, 15) is 14.4 Å². The highest BCUT2D eigenvalue weighted by molar-refractivity contribution is 7.14. The van der Waals surface area contributed by atoms with Gasteiger partial charge in [-0.3, -0.25) is 23.7 Å². The zero-order valence-corrected chi connectivity index (χ0v) is 20.3. The van der Waals surface area contributed by atoms with Crippen LogP contribution in [-0.4, -0.2) is 38.1 Å². The molecular weight excluding hydrogens is 452 g/mol. The minimum Gasteiger partial charge on any atom is -0.372 e. The number of aromatic nitrogens is 4. The summed E-state index contributed by atoms with van der Waals surface area (Å²) in [5.41, 5.74) is 2.75. The van der Waals surface area contributed by atoms with Gasteiger partial charge in [0.25, 0.3) is 5.56 Å². The molecular formula is C24H26N6O3S. The van der Waals surface area contributed by atoms with E-state index >= 15 is 0 Å². The van der Waals surface area contributed by atoms with Crippen molar-refractivity contribution in [2.45, 2.75) is 20.3 Å². The molecule has 0 radical (unpaired) electrons. The Kier molecular flexibility index (Phi) is 6.60. The summed E-state index contributed by atoms with van der Waals surface area (Å²) in [4.78, 5) is 48.7. The molecule has 10 heteroatoms. The quantitative estimate of drug-likeness (QED) is 0.438. The van der Waals surface area contributed by atoms with Crippen molar-refractivity contribution in [3.63, 3.8) is 0 Å². The number of benzene rings is 1. The van der Waals surface area contributed by atoms with Crippen LogP contribution in [0.15, 0.2) is 51.5 Å². The number of carbonyl (C=O) groups excluding carboxylic acids is 1. The van der Waals surface area contributed by atoms with Crippen LogP contribution in [0.25, 0.3) is 22.2 Å². The van der Waals surface area contributed by atoms with Gasteiger partial charge in [0, 0.05) is 50.0 Å². The molecule has 0 aliphatic heterocycles. The van der Waals surface area contributed by atoms with Crippen molar-refractivity contribution in [1.82, 2.24) is 19.1 Å². The summed E-state index contributed by atoms with van der Waals surface area (Å²) >= 11 is 1.33. The Morgan fingerprint density at radius 3 is 2.44 bits per heavy atom. The molecule has 0 saturated heterocycles. The molecule has 0 saturated carbocycles. The first kappa shape index (κ1) is 23.4. The Labute approximate surface area is 200 Å². The third-order valence-corrected chi connectivity index (χ3v) is 6.59. The smallest absolute Gasteiger partial charge is 0.330 e. The van der Waals surface area contributed by atoms with Gasteiger partial charge in [-0.25, -0.2) is 9.78 Å². The van der Waals surface area contributed by atoms with Gasteiger partial charge in [-0.05, 0) is 32.0 Å². The Bertz CT molecular complexity index is 1470. The molecule has 0 spiro atoms. The Morgan fingerprint density at radius 2 is 1.76 bits per heavy atom. The maximum absolute atomic E-state index is 12.7. The average Bonchev–Trinajstić information content (AvgIpc) is 3.30. The SMILES string of the molecule is CCN(CC)c1ccc(-c2csc(NC(=O)Cc3nccc4c3c(=O)n(C)c(=O)n4C)n2)cc1. The molecule has 0 bridgehead atoms. The zero-order valence-electron chi connectivity index (χ0n) is 19.5. The number of nitrogens with zero attached hydrogens (tertiary/aromatic N) is 5. The summed E-state index contributed by atoms with van der Waals surface area (Å²) in [5.74, 6) is -0.339. The molecule has 1 amide bonds. The number of nitrogens with one attached hydrogen (secondary N) is 1. The van der Waals surface area contributed by atoms with E-state index in [-0.39, 0.29) is 17.7 Å². The molecule has 0 aliphatic rings. The molecule has 0 atom stereocenters. The van der Waals surface area contributed by atoms with E-state index in [0.29, 0.717) is 16.3 Å². The Balaban J connectivity index is 1.53. The van der Waals surface area contributed by atoms with Crippen LogP contribution < -0.4 is 21.5 Å². The van der Waals surface area contributed by atoms with Crippen molar-refractivity contribution < 1.29 is 4.79 Å². The van der Waals surface area contributed by atoms with E-state index in [1.165, 1.54) is 29.1 Å². The molecule has 3 aromatic heterocycles. The van der Waals surface area contributed by atoms with E-state index in [0.717, 1.165) is 34.6 Å². The predicted octanol–water partition coefficient (Wildman–Crippen LogP) is 2.78. The zero-order chi connectivity index (χ0) is 24.4. The predicted molar refractivity (Wildman–Crippen MR) is 136 cm³/mol. The van der Waals surface area contributed by atoms with Gasteiger partial charge in [-0.15, -0.1) is 11.3 Å². The summed E-state index contributed by atoms with van der Waals surface area (Å²) in [7, 11) is 2.99. The highest BCUT2D eigenvalue weighted by atomic mass is 32.1. The third kappa shape index (κ3) is 4.36. The van der Waals surface area contributed by atoms with Gasteiger partial charge in [0.05, 0.1) is 28.7 Å². The molecule has 3 heterocycles. The highest BCUT2D eigenvalue weighted by Crippen LogP contribution is 2.27. The molecule has 1 aromatic carbocycles. The number of amides is 1. The van der Waals surface area contributed by atoms with Crippen molar-refractivity contribution in [2.24, 2.45) is 14.1 Å². The summed E-state index contributed by atoms with van der Waals surface area (Å²) < 4.78 is 2.39. The number of aryl methyl sites for hydroxylation is 1. The van der Waals surface area contributed by atoms with Crippen LogP contribution in [-0.2, 0) is 25.3 Å². The minimum atomic E-state index is -0.473. The molecule has 34 heavy (non-hydrogen) atoms. The van der Waals surface area contributed by atoms with Crippen LogP contribution in [0, 0.1) is 0 Å². The minimum absolute atomic E-state index is 0.113. The van der Waals surface area contributed by atoms with Gasteiger partial charge < -0.3 is 10.2 Å². The molecule has 0 fully saturated rings. The number of carbonyl (C=O) groups is 1. The standard InChI is InChI=1S/C24H26N6O3S/c1-5-30(6-2)16-9-7-15(8-10-16)18-14-34-23(26-18)27-20(31)13-17-21-19(11-12-25-17)28(3)24(33)29(4)22(21)32/h7-12,14H,5-6,13H2,1-4H3,(H,26,27,31). The van der Waals surface area contributed by atoms with Crippen molar-refractivity contribution in [3.05, 3.63) is 68.4 Å². The van der Waals surface area contributed by atoms with Gasteiger partial charge in [0.15, 0.2) is 5.13 Å². The summed E-state index contributed by atoms with van der Waals surface area (Å²) in [6.45, 7) is 6.13. The van der Waals surface area contributed by atoms with Gasteiger partial charge in [0.2, 0.25) is 5.91 Å². The maximum atomic E-state index is 12.7. The molecule has 176 valence electrons.